The van der Waals surface area contributed by atoms with E-state index in [4.69, 9.17) is 4.74 Å². The summed E-state index contributed by atoms with van der Waals surface area (Å²) in [5, 5.41) is 3.00. The Labute approximate surface area is 156 Å². The van der Waals surface area contributed by atoms with Gasteiger partial charge in [-0.25, -0.2) is 12.7 Å². The molecule has 0 radical (unpaired) electrons. The zero-order valence-corrected chi connectivity index (χ0v) is 16.0. The van der Waals surface area contributed by atoms with Crippen LogP contribution in [-0.2, 0) is 16.6 Å². The van der Waals surface area contributed by atoms with Gasteiger partial charge in [-0.2, -0.15) is 13.2 Å². The normalized spacial score (nSPS) is 12.3. The van der Waals surface area contributed by atoms with E-state index in [0.717, 1.165) is 9.87 Å². The average Bonchev–Trinajstić information content (AvgIpc) is 2.58. The lowest BCUT2D eigenvalue weighted by Gasteiger charge is -2.16. The van der Waals surface area contributed by atoms with Crippen molar-refractivity contribution >= 4 is 15.7 Å². The number of aryl methyl sites for hydroxylation is 1. The van der Waals surface area contributed by atoms with Crippen molar-refractivity contribution in [1.82, 2.24) is 4.31 Å². The molecule has 0 saturated heterocycles. The summed E-state index contributed by atoms with van der Waals surface area (Å²) in [4.78, 5) is 0.143. The maximum Gasteiger partial charge on any atom is 0.422 e. The van der Waals surface area contributed by atoms with Crippen molar-refractivity contribution in [2.45, 2.75) is 24.5 Å². The topological polar surface area (TPSA) is 58.6 Å². The van der Waals surface area contributed by atoms with Crippen LogP contribution in [0.3, 0.4) is 0 Å². The predicted octanol–water partition coefficient (Wildman–Crippen LogP) is 3.80. The molecule has 9 heteroatoms. The Hall–Kier alpha value is -2.26. The zero-order chi connectivity index (χ0) is 20.2. The van der Waals surface area contributed by atoms with Gasteiger partial charge < -0.3 is 10.1 Å². The monoisotopic (exact) mass is 402 g/mol. The molecule has 0 saturated carbocycles. The Morgan fingerprint density at radius 3 is 2.44 bits per heavy atom. The minimum atomic E-state index is -4.43. The zero-order valence-electron chi connectivity index (χ0n) is 15.2. The highest BCUT2D eigenvalue weighted by Gasteiger charge is 2.28. The molecular weight excluding hydrogens is 381 g/mol. The van der Waals surface area contributed by atoms with E-state index in [-0.39, 0.29) is 17.2 Å². The summed E-state index contributed by atoms with van der Waals surface area (Å²) in [6, 6.07) is 11.2. The van der Waals surface area contributed by atoms with Crippen molar-refractivity contribution < 1.29 is 26.3 Å². The molecular formula is C18H21F3N2O3S. The molecule has 0 aliphatic heterocycles. The molecule has 5 nitrogen and oxygen atoms in total. The van der Waals surface area contributed by atoms with E-state index in [0.29, 0.717) is 11.3 Å². The molecule has 0 bridgehead atoms. The average molecular weight is 402 g/mol. The second-order valence-electron chi connectivity index (χ2n) is 6.19. The van der Waals surface area contributed by atoms with Crippen molar-refractivity contribution in [3.8, 4) is 5.75 Å². The Morgan fingerprint density at radius 1 is 1.11 bits per heavy atom. The summed E-state index contributed by atoms with van der Waals surface area (Å²) in [6.45, 7) is 0.587. The van der Waals surface area contributed by atoms with Crippen molar-refractivity contribution in [3.63, 3.8) is 0 Å². The third-order valence-corrected chi connectivity index (χ3v) is 5.50. The first kappa shape index (κ1) is 21.0. The molecule has 27 heavy (non-hydrogen) atoms. The number of ether oxygens (including phenoxy) is 1. The summed E-state index contributed by atoms with van der Waals surface area (Å²) < 4.78 is 67.7. The standard InChI is InChI=1S/C18H21F3N2O3S/c1-13-7-8-16(17(9-13)26-12-18(19,20)21)22-11-14-5-4-6-15(10-14)27(24,25)23(2)3/h4-10,22H,11-12H2,1-3H3. The van der Waals surface area contributed by atoms with Crippen LogP contribution >= 0.6 is 0 Å². The van der Waals surface area contributed by atoms with Crippen LogP contribution < -0.4 is 10.1 Å². The lowest BCUT2D eigenvalue weighted by atomic mass is 10.2. The molecule has 0 spiro atoms. The number of benzene rings is 2. The molecule has 0 atom stereocenters. The third kappa shape index (κ3) is 5.86. The molecule has 0 heterocycles. The van der Waals surface area contributed by atoms with E-state index in [1.54, 1.807) is 31.2 Å². The van der Waals surface area contributed by atoms with E-state index in [2.05, 4.69) is 5.32 Å². The van der Waals surface area contributed by atoms with Gasteiger partial charge >= 0.3 is 6.18 Å². The van der Waals surface area contributed by atoms with Gasteiger partial charge in [0.1, 0.15) is 5.75 Å². The first-order chi connectivity index (χ1) is 12.5. The Balaban J connectivity index is 2.17. The molecule has 2 rings (SSSR count). The highest BCUT2D eigenvalue weighted by Crippen LogP contribution is 2.28. The van der Waals surface area contributed by atoms with Gasteiger partial charge in [-0.1, -0.05) is 18.2 Å². The Bertz CT molecular complexity index is 897. The number of hydrogen-bond acceptors (Lipinski definition) is 4. The lowest BCUT2D eigenvalue weighted by molar-refractivity contribution is -0.153. The molecule has 1 N–H and O–H groups in total. The van der Waals surface area contributed by atoms with Crippen LogP contribution in [0.25, 0.3) is 0 Å². The van der Waals surface area contributed by atoms with Crippen LogP contribution in [0.2, 0.25) is 0 Å². The maximum absolute atomic E-state index is 12.4. The fraction of sp³-hybridized carbons (Fsp3) is 0.333. The number of halogens is 3. The van der Waals surface area contributed by atoms with Crippen LogP contribution in [0.15, 0.2) is 47.4 Å². The molecule has 2 aromatic rings. The second-order valence-corrected chi connectivity index (χ2v) is 8.34. The predicted molar refractivity (Wildman–Crippen MR) is 97.4 cm³/mol. The fourth-order valence-corrected chi connectivity index (χ4v) is 3.25. The largest absolute Gasteiger partial charge is 0.482 e. The van der Waals surface area contributed by atoms with Gasteiger partial charge in [0.15, 0.2) is 6.61 Å². The number of alkyl halides is 3. The Kier molecular flexibility index (Phi) is 6.38. The van der Waals surface area contributed by atoms with Gasteiger partial charge in [0.05, 0.1) is 10.6 Å². The van der Waals surface area contributed by atoms with Crippen molar-refractivity contribution in [3.05, 3.63) is 53.6 Å². The van der Waals surface area contributed by atoms with Gasteiger partial charge in [-0.3, -0.25) is 0 Å². The van der Waals surface area contributed by atoms with Gasteiger partial charge in [-0.05, 0) is 42.3 Å². The number of rotatable bonds is 7. The molecule has 0 fully saturated rings. The third-order valence-electron chi connectivity index (χ3n) is 3.69. The molecule has 0 unspecified atom stereocenters. The van der Waals surface area contributed by atoms with Gasteiger partial charge in [0.2, 0.25) is 10.0 Å². The quantitative estimate of drug-likeness (QED) is 0.765. The summed E-state index contributed by atoms with van der Waals surface area (Å²) in [5.41, 5.74) is 1.82. The van der Waals surface area contributed by atoms with E-state index in [1.807, 2.05) is 0 Å². The molecule has 148 valence electrons. The molecule has 0 aromatic heterocycles. The van der Waals surface area contributed by atoms with Crippen molar-refractivity contribution in [2.24, 2.45) is 0 Å². The summed E-state index contributed by atoms with van der Waals surface area (Å²) in [5.74, 6) is 0.0874. The van der Waals surface area contributed by atoms with Gasteiger partial charge in [0, 0.05) is 20.6 Å². The number of nitrogens with one attached hydrogen (secondary N) is 1. The number of nitrogens with zero attached hydrogens (tertiary/aromatic N) is 1. The first-order valence-corrected chi connectivity index (χ1v) is 9.48. The van der Waals surface area contributed by atoms with Crippen molar-refractivity contribution in [2.75, 3.05) is 26.0 Å². The minimum absolute atomic E-state index is 0.0874. The summed E-state index contributed by atoms with van der Waals surface area (Å²) >= 11 is 0. The van der Waals surface area contributed by atoms with Crippen LogP contribution in [0, 0.1) is 6.92 Å². The fourth-order valence-electron chi connectivity index (χ4n) is 2.28. The van der Waals surface area contributed by atoms with Crippen LogP contribution in [0.4, 0.5) is 18.9 Å². The second kappa shape index (κ2) is 8.18. The van der Waals surface area contributed by atoms with Gasteiger partial charge in [0.25, 0.3) is 0 Å². The molecule has 0 amide bonds. The van der Waals surface area contributed by atoms with Gasteiger partial charge in [-0.15, -0.1) is 0 Å². The van der Waals surface area contributed by atoms with E-state index < -0.39 is 22.8 Å². The van der Waals surface area contributed by atoms with E-state index >= 15 is 0 Å². The maximum atomic E-state index is 12.4. The first-order valence-electron chi connectivity index (χ1n) is 8.04. The van der Waals surface area contributed by atoms with E-state index in [9.17, 15) is 21.6 Å². The minimum Gasteiger partial charge on any atom is -0.482 e. The summed E-state index contributed by atoms with van der Waals surface area (Å²) in [6.07, 6.45) is -4.43. The summed E-state index contributed by atoms with van der Waals surface area (Å²) in [7, 11) is -0.683. The van der Waals surface area contributed by atoms with Crippen LogP contribution in [-0.4, -0.2) is 39.6 Å². The number of sulfonamides is 1. The SMILES string of the molecule is Cc1ccc(NCc2cccc(S(=O)(=O)N(C)C)c2)c(OCC(F)(F)F)c1. The molecule has 0 aliphatic rings. The smallest absolute Gasteiger partial charge is 0.422 e. The van der Waals surface area contributed by atoms with Crippen LogP contribution in [0.1, 0.15) is 11.1 Å². The highest BCUT2D eigenvalue weighted by molar-refractivity contribution is 7.89. The molecule has 2 aromatic carbocycles. The lowest BCUT2D eigenvalue weighted by Crippen LogP contribution is -2.22. The number of hydrogen-bond donors (Lipinski definition) is 1. The van der Waals surface area contributed by atoms with Crippen molar-refractivity contribution in [1.29, 1.82) is 0 Å². The highest BCUT2D eigenvalue weighted by atomic mass is 32.2. The van der Waals surface area contributed by atoms with E-state index in [1.165, 1.54) is 32.3 Å². The molecule has 0 aliphatic carbocycles. The number of anilines is 1. The van der Waals surface area contributed by atoms with Crippen LogP contribution in [0.5, 0.6) is 5.75 Å². The Morgan fingerprint density at radius 2 is 1.81 bits per heavy atom.